The molecular weight excluding hydrogens is 202 g/mol. The zero-order valence-corrected chi connectivity index (χ0v) is 10.2. The Labute approximate surface area is 97.8 Å². The summed E-state index contributed by atoms with van der Waals surface area (Å²) in [6.45, 7) is 6.46. The van der Waals surface area contributed by atoms with E-state index in [1.165, 1.54) is 12.8 Å². The zero-order valence-electron chi connectivity index (χ0n) is 10.2. The van der Waals surface area contributed by atoms with Crippen molar-refractivity contribution in [1.82, 2.24) is 9.80 Å². The van der Waals surface area contributed by atoms with Crippen LogP contribution < -0.4 is 5.73 Å². The van der Waals surface area contributed by atoms with Crippen molar-refractivity contribution in [3.63, 3.8) is 0 Å². The van der Waals surface area contributed by atoms with Crippen LogP contribution in [0.25, 0.3) is 0 Å². The Balaban J connectivity index is 1.78. The van der Waals surface area contributed by atoms with Crippen molar-refractivity contribution in [2.24, 2.45) is 11.7 Å². The summed E-state index contributed by atoms with van der Waals surface area (Å²) < 4.78 is 0. The first-order chi connectivity index (χ1) is 7.70. The minimum atomic E-state index is 0.222. The van der Waals surface area contributed by atoms with Gasteiger partial charge in [-0.2, -0.15) is 0 Å². The van der Waals surface area contributed by atoms with E-state index in [2.05, 4.69) is 4.90 Å². The van der Waals surface area contributed by atoms with E-state index in [4.69, 9.17) is 5.73 Å². The summed E-state index contributed by atoms with van der Waals surface area (Å²) in [4.78, 5) is 15.7. The van der Waals surface area contributed by atoms with Crippen molar-refractivity contribution < 1.29 is 4.79 Å². The van der Waals surface area contributed by atoms with Gasteiger partial charge in [0.1, 0.15) is 0 Å². The maximum absolute atomic E-state index is 11.2. The molecule has 2 fully saturated rings. The minimum Gasteiger partial charge on any atom is -0.343 e. The van der Waals surface area contributed by atoms with Gasteiger partial charge in [0, 0.05) is 45.7 Å². The maximum atomic E-state index is 11.2. The molecule has 1 aliphatic heterocycles. The second-order valence-electron chi connectivity index (χ2n) is 5.13. The topological polar surface area (TPSA) is 49.6 Å². The molecule has 1 saturated carbocycles. The lowest BCUT2D eigenvalue weighted by Gasteiger charge is -2.24. The van der Waals surface area contributed by atoms with Crippen molar-refractivity contribution in [2.45, 2.75) is 32.2 Å². The first-order valence-electron chi connectivity index (χ1n) is 6.40. The molecule has 1 aliphatic carbocycles. The van der Waals surface area contributed by atoms with Crippen LogP contribution in [0.15, 0.2) is 0 Å². The van der Waals surface area contributed by atoms with Gasteiger partial charge in [0.15, 0.2) is 0 Å². The summed E-state index contributed by atoms with van der Waals surface area (Å²) in [5.74, 6) is 0.885. The molecule has 0 aromatic rings. The lowest BCUT2D eigenvalue weighted by Crippen LogP contribution is -2.37. The minimum absolute atomic E-state index is 0.222. The van der Waals surface area contributed by atoms with Crippen LogP contribution in [0, 0.1) is 5.92 Å². The normalized spacial score (nSPS) is 25.4. The van der Waals surface area contributed by atoms with Crippen LogP contribution in [-0.2, 0) is 4.79 Å². The van der Waals surface area contributed by atoms with Gasteiger partial charge in [-0.15, -0.1) is 0 Å². The van der Waals surface area contributed by atoms with Crippen LogP contribution in [-0.4, -0.2) is 54.5 Å². The molecule has 0 aromatic carbocycles. The number of amides is 1. The first-order valence-corrected chi connectivity index (χ1v) is 6.40. The Morgan fingerprint density at radius 1 is 1.44 bits per heavy atom. The average Bonchev–Trinajstić information content (AvgIpc) is 2.98. The Kier molecular flexibility index (Phi) is 3.82. The van der Waals surface area contributed by atoms with Crippen molar-refractivity contribution in [2.75, 3.05) is 32.7 Å². The van der Waals surface area contributed by atoms with Crippen LogP contribution in [0.5, 0.6) is 0 Å². The summed E-state index contributed by atoms with van der Waals surface area (Å²) in [6.07, 6.45) is 3.83. The van der Waals surface area contributed by atoms with Crippen molar-refractivity contribution in [1.29, 1.82) is 0 Å². The van der Waals surface area contributed by atoms with E-state index in [1.807, 2.05) is 4.90 Å². The fraction of sp³-hybridized carbons (Fsp3) is 0.917. The molecule has 0 radical (unpaired) electrons. The molecular formula is C12H23N3O. The van der Waals surface area contributed by atoms with Gasteiger partial charge in [0.2, 0.25) is 5.91 Å². The Hall–Kier alpha value is -0.610. The third kappa shape index (κ3) is 2.95. The van der Waals surface area contributed by atoms with Gasteiger partial charge in [-0.1, -0.05) is 0 Å². The molecule has 0 spiro atoms. The van der Waals surface area contributed by atoms with E-state index >= 15 is 0 Å². The molecule has 92 valence electrons. The molecule has 0 bridgehead atoms. The first kappa shape index (κ1) is 11.9. The molecule has 2 rings (SSSR count). The molecule has 1 amide bonds. The number of nitrogens with zero attached hydrogens (tertiary/aromatic N) is 2. The zero-order chi connectivity index (χ0) is 11.5. The summed E-state index contributed by atoms with van der Waals surface area (Å²) in [5, 5.41) is 0. The number of hydrogen-bond donors (Lipinski definition) is 1. The highest BCUT2D eigenvalue weighted by Gasteiger charge is 2.32. The number of rotatable bonds is 5. The van der Waals surface area contributed by atoms with Crippen molar-refractivity contribution in [3.8, 4) is 0 Å². The smallest absolute Gasteiger partial charge is 0.219 e. The molecule has 2 aliphatic rings. The molecule has 4 nitrogen and oxygen atoms in total. The third-order valence-electron chi connectivity index (χ3n) is 3.70. The summed E-state index contributed by atoms with van der Waals surface area (Å²) >= 11 is 0. The quantitative estimate of drug-likeness (QED) is 0.731. The van der Waals surface area contributed by atoms with Crippen LogP contribution in [0.3, 0.4) is 0 Å². The highest BCUT2D eigenvalue weighted by Crippen LogP contribution is 2.28. The van der Waals surface area contributed by atoms with Gasteiger partial charge in [-0.25, -0.2) is 0 Å². The molecule has 1 atom stereocenters. The highest BCUT2D eigenvalue weighted by atomic mass is 16.2. The predicted octanol–water partition coefficient (Wildman–Crippen LogP) is 0.278. The fourth-order valence-corrected chi connectivity index (χ4v) is 2.63. The van der Waals surface area contributed by atoms with E-state index in [0.717, 1.165) is 45.2 Å². The molecule has 1 heterocycles. The molecule has 1 saturated heterocycles. The summed E-state index contributed by atoms with van der Waals surface area (Å²) in [7, 11) is 0. The largest absolute Gasteiger partial charge is 0.343 e. The average molecular weight is 225 g/mol. The number of nitrogens with two attached hydrogens (primary N) is 1. The maximum Gasteiger partial charge on any atom is 0.219 e. The Morgan fingerprint density at radius 2 is 2.19 bits per heavy atom. The third-order valence-corrected chi connectivity index (χ3v) is 3.70. The van der Waals surface area contributed by atoms with E-state index in [9.17, 15) is 4.79 Å². The van der Waals surface area contributed by atoms with E-state index < -0.39 is 0 Å². The van der Waals surface area contributed by atoms with Gasteiger partial charge in [0.05, 0.1) is 0 Å². The van der Waals surface area contributed by atoms with E-state index in [1.54, 1.807) is 6.92 Å². The van der Waals surface area contributed by atoms with Crippen molar-refractivity contribution in [3.05, 3.63) is 0 Å². The predicted molar refractivity (Wildman–Crippen MR) is 64.0 cm³/mol. The van der Waals surface area contributed by atoms with Crippen LogP contribution >= 0.6 is 0 Å². The summed E-state index contributed by atoms with van der Waals surface area (Å²) in [6, 6.07) is 0.787. The van der Waals surface area contributed by atoms with Gasteiger partial charge < -0.3 is 10.6 Å². The van der Waals surface area contributed by atoms with Gasteiger partial charge in [-0.05, 0) is 25.2 Å². The van der Waals surface area contributed by atoms with E-state index in [-0.39, 0.29) is 5.91 Å². The molecule has 2 N–H and O–H groups in total. The SMILES string of the molecule is CC(=O)N1CC[C@H](CN(CCN)C2CC2)C1. The Morgan fingerprint density at radius 3 is 2.69 bits per heavy atom. The van der Waals surface area contributed by atoms with Crippen LogP contribution in [0.2, 0.25) is 0 Å². The second kappa shape index (κ2) is 5.15. The lowest BCUT2D eigenvalue weighted by molar-refractivity contribution is -0.127. The number of carbonyl (C=O) groups is 1. The van der Waals surface area contributed by atoms with E-state index in [0.29, 0.717) is 5.92 Å². The van der Waals surface area contributed by atoms with Gasteiger partial charge in [-0.3, -0.25) is 9.69 Å². The second-order valence-corrected chi connectivity index (χ2v) is 5.13. The highest BCUT2D eigenvalue weighted by molar-refractivity contribution is 5.73. The number of hydrogen-bond acceptors (Lipinski definition) is 3. The Bertz CT molecular complexity index is 253. The van der Waals surface area contributed by atoms with Gasteiger partial charge in [0.25, 0.3) is 0 Å². The molecule has 0 unspecified atom stereocenters. The molecule has 0 aromatic heterocycles. The van der Waals surface area contributed by atoms with Crippen molar-refractivity contribution >= 4 is 5.91 Å². The van der Waals surface area contributed by atoms with Gasteiger partial charge >= 0.3 is 0 Å². The number of likely N-dealkylation sites (tertiary alicyclic amines) is 1. The lowest BCUT2D eigenvalue weighted by atomic mass is 10.1. The molecule has 4 heteroatoms. The molecule has 16 heavy (non-hydrogen) atoms. The standard InChI is InChI=1S/C12H23N3O/c1-10(16)14-6-4-11(8-14)9-15(7-5-13)12-2-3-12/h11-12H,2-9,13H2,1H3/t11-/m0/s1. The van der Waals surface area contributed by atoms with Crippen LogP contribution in [0.1, 0.15) is 26.2 Å². The fourth-order valence-electron chi connectivity index (χ4n) is 2.63. The summed E-state index contributed by atoms with van der Waals surface area (Å²) in [5.41, 5.74) is 5.64. The van der Waals surface area contributed by atoms with Crippen LogP contribution in [0.4, 0.5) is 0 Å². The number of carbonyl (C=O) groups excluding carboxylic acids is 1. The monoisotopic (exact) mass is 225 g/mol.